The smallest absolute Gasteiger partial charge is 0.268 e. The van der Waals surface area contributed by atoms with Gasteiger partial charge in [-0.3, -0.25) is 14.4 Å². The molecule has 0 spiro atoms. The molecule has 1 aliphatic carbocycles. The van der Waals surface area contributed by atoms with Crippen molar-refractivity contribution in [1.82, 2.24) is 4.57 Å². The number of anilines is 1. The number of nitriles is 1. The molecule has 33 heavy (non-hydrogen) atoms. The van der Waals surface area contributed by atoms with Crippen LogP contribution in [0.1, 0.15) is 45.9 Å². The van der Waals surface area contributed by atoms with E-state index in [1.54, 1.807) is 12.1 Å². The Morgan fingerprint density at radius 1 is 1.21 bits per heavy atom. The van der Waals surface area contributed by atoms with E-state index in [2.05, 4.69) is 5.32 Å². The summed E-state index contributed by atoms with van der Waals surface area (Å²) in [6, 6.07) is 13.6. The number of rotatable bonds is 7. The van der Waals surface area contributed by atoms with Crippen molar-refractivity contribution >= 4 is 17.4 Å². The van der Waals surface area contributed by atoms with Gasteiger partial charge in [-0.15, -0.1) is 0 Å². The Bertz CT molecular complexity index is 1350. The summed E-state index contributed by atoms with van der Waals surface area (Å²) in [5.74, 6) is -1.70. The third kappa shape index (κ3) is 4.83. The molecule has 0 aliphatic heterocycles. The Kier molecular flexibility index (Phi) is 6.05. The van der Waals surface area contributed by atoms with Gasteiger partial charge in [0.1, 0.15) is 23.2 Å². The maximum Gasteiger partial charge on any atom is 0.268 e. The molecular formula is C25H20FN3O4. The van der Waals surface area contributed by atoms with Crippen LogP contribution in [-0.2, 0) is 4.79 Å². The summed E-state index contributed by atoms with van der Waals surface area (Å²) in [4.78, 5) is 37.9. The molecule has 166 valence electrons. The van der Waals surface area contributed by atoms with Crippen LogP contribution in [0.15, 0.2) is 59.5 Å². The molecule has 0 radical (unpaired) electrons. The summed E-state index contributed by atoms with van der Waals surface area (Å²) in [6.45, 7) is 1.45. The van der Waals surface area contributed by atoms with Gasteiger partial charge >= 0.3 is 0 Å². The van der Waals surface area contributed by atoms with Crippen LogP contribution in [0.5, 0.6) is 5.75 Å². The van der Waals surface area contributed by atoms with E-state index in [9.17, 15) is 24.0 Å². The summed E-state index contributed by atoms with van der Waals surface area (Å²) in [6.07, 6.45) is 2.96. The van der Waals surface area contributed by atoms with Gasteiger partial charge in [0.05, 0.1) is 5.56 Å². The molecule has 0 saturated heterocycles. The normalized spacial score (nSPS) is 12.6. The molecule has 1 aliphatic rings. The lowest BCUT2D eigenvalue weighted by Crippen LogP contribution is -2.24. The van der Waals surface area contributed by atoms with Crippen LogP contribution in [-0.4, -0.2) is 22.9 Å². The summed E-state index contributed by atoms with van der Waals surface area (Å²) < 4.78 is 20.9. The minimum atomic E-state index is -0.661. The number of nitrogens with zero attached hydrogens (tertiary/aromatic N) is 2. The van der Waals surface area contributed by atoms with Gasteiger partial charge < -0.3 is 14.6 Å². The van der Waals surface area contributed by atoms with Crippen LogP contribution in [0.3, 0.4) is 0 Å². The molecule has 4 rings (SSSR count). The van der Waals surface area contributed by atoms with Crippen LogP contribution in [0.4, 0.5) is 10.1 Å². The fraction of sp³-hybridized carbons (Fsp3) is 0.200. The Morgan fingerprint density at radius 3 is 2.67 bits per heavy atom. The Labute approximate surface area is 189 Å². The fourth-order valence-corrected chi connectivity index (χ4v) is 3.43. The van der Waals surface area contributed by atoms with E-state index in [4.69, 9.17) is 4.74 Å². The predicted octanol–water partition coefficient (Wildman–Crippen LogP) is 3.75. The van der Waals surface area contributed by atoms with E-state index in [-0.39, 0.29) is 28.5 Å². The number of hydrogen-bond acceptors (Lipinski definition) is 5. The topological polar surface area (TPSA) is 101 Å². The third-order valence-electron chi connectivity index (χ3n) is 5.33. The molecule has 8 heteroatoms. The lowest BCUT2D eigenvalue weighted by Gasteiger charge is -2.13. The third-order valence-corrected chi connectivity index (χ3v) is 5.33. The number of nitrogens with one attached hydrogen (secondary N) is 1. The number of carbonyl (C=O) groups excluding carboxylic acids is 2. The van der Waals surface area contributed by atoms with Gasteiger partial charge in [0.2, 0.25) is 0 Å². The van der Waals surface area contributed by atoms with Gasteiger partial charge in [0.25, 0.3) is 11.5 Å². The van der Waals surface area contributed by atoms with E-state index in [1.807, 2.05) is 25.1 Å². The number of para-hydroxylation sites is 1. The Hall–Kier alpha value is -4.25. The molecule has 1 aromatic heterocycles. The van der Waals surface area contributed by atoms with Gasteiger partial charge in [0, 0.05) is 23.5 Å². The number of ketones is 1. The minimum absolute atomic E-state index is 0.0176. The highest BCUT2D eigenvalue weighted by Crippen LogP contribution is 2.34. The first-order valence-electron chi connectivity index (χ1n) is 10.4. The van der Waals surface area contributed by atoms with Crippen molar-refractivity contribution in [3.05, 3.63) is 93.2 Å². The number of aryl methyl sites for hydroxylation is 1. The number of hydrogen-bond donors (Lipinski definition) is 1. The van der Waals surface area contributed by atoms with Crippen LogP contribution >= 0.6 is 0 Å². The Morgan fingerprint density at radius 2 is 1.97 bits per heavy atom. The van der Waals surface area contributed by atoms with E-state index in [0.29, 0.717) is 5.69 Å². The molecule has 0 atom stereocenters. The molecule has 2 aromatic carbocycles. The minimum Gasteiger partial charge on any atom is -0.483 e. The number of aromatic nitrogens is 1. The van der Waals surface area contributed by atoms with Crippen LogP contribution < -0.4 is 15.6 Å². The highest BCUT2D eigenvalue weighted by atomic mass is 19.1. The summed E-state index contributed by atoms with van der Waals surface area (Å²) in [5, 5.41) is 12.0. The molecule has 1 N–H and O–H groups in total. The maximum absolute atomic E-state index is 14.0. The molecule has 1 heterocycles. The van der Waals surface area contributed by atoms with E-state index in [0.717, 1.165) is 30.5 Å². The number of carbonyl (C=O) groups is 2. The van der Waals surface area contributed by atoms with Crippen molar-refractivity contribution in [2.24, 2.45) is 0 Å². The lowest BCUT2D eigenvalue weighted by atomic mass is 10.0. The molecule has 1 fully saturated rings. The maximum atomic E-state index is 14.0. The molecule has 0 bridgehead atoms. The molecule has 1 amide bonds. The lowest BCUT2D eigenvalue weighted by molar-refractivity contribution is -0.118. The molecule has 0 unspecified atom stereocenters. The van der Waals surface area contributed by atoms with Crippen molar-refractivity contribution in [3.8, 4) is 11.8 Å². The Balaban J connectivity index is 1.58. The van der Waals surface area contributed by atoms with Crippen molar-refractivity contribution in [1.29, 1.82) is 5.26 Å². The van der Waals surface area contributed by atoms with E-state index < -0.39 is 29.7 Å². The second kappa shape index (κ2) is 9.09. The van der Waals surface area contributed by atoms with Gasteiger partial charge in [-0.1, -0.05) is 18.2 Å². The van der Waals surface area contributed by atoms with Crippen LogP contribution in [0, 0.1) is 24.1 Å². The zero-order valence-electron chi connectivity index (χ0n) is 17.8. The zero-order chi connectivity index (χ0) is 23.5. The number of amides is 1. The average molecular weight is 445 g/mol. The second-order valence-electron chi connectivity index (χ2n) is 7.82. The quantitative estimate of drug-likeness (QED) is 0.558. The first-order chi connectivity index (χ1) is 15.9. The van der Waals surface area contributed by atoms with Crippen molar-refractivity contribution in [3.63, 3.8) is 0 Å². The largest absolute Gasteiger partial charge is 0.483 e. The fourth-order valence-electron chi connectivity index (χ4n) is 3.43. The van der Waals surface area contributed by atoms with Crippen LogP contribution in [0.25, 0.3) is 0 Å². The molecule has 7 nitrogen and oxygen atoms in total. The van der Waals surface area contributed by atoms with Crippen molar-refractivity contribution in [2.75, 3.05) is 11.9 Å². The van der Waals surface area contributed by atoms with Gasteiger partial charge in [-0.25, -0.2) is 4.39 Å². The monoisotopic (exact) mass is 445 g/mol. The summed E-state index contributed by atoms with van der Waals surface area (Å²) >= 11 is 0. The highest BCUT2D eigenvalue weighted by Gasteiger charge is 2.27. The van der Waals surface area contributed by atoms with E-state index in [1.165, 1.54) is 22.9 Å². The van der Waals surface area contributed by atoms with Crippen molar-refractivity contribution in [2.45, 2.75) is 25.8 Å². The molecule has 3 aromatic rings. The molecule has 1 saturated carbocycles. The standard InChI is InChI=1S/C25H20FN3O4/c1-15-4-2-3-5-21(15)28-23(30)14-33-22-9-6-18(26)11-20(22)24(31)17-10-16(12-27)25(32)29(13-17)19-7-8-19/h2-6,9-11,13,19H,7-8,14H2,1H3,(H,28,30). The summed E-state index contributed by atoms with van der Waals surface area (Å²) in [5.41, 5.74) is 0.848. The van der Waals surface area contributed by atoms with Gasteiger partial charge in [-0.05, 0) is 55.7 Å². The van der Waals surface area contributed by atoms with Crippen molar-refractivity contribution < 1.29 is 18.7 Å². The van der Waals surface area contributed by atoms with Gasteiger partial charge in [-0.2, -0.15) is 5.26 Å². The average Bonchev–Trinajstić information content (AvgIpc) is 3.65. The number of ether oxygens (including phenoxy) is 1. The number of benzene rings is 2. The summed E-state index contributed by atoms with van der Waals surface area (Å²) in [7, 11) is 0. The highest BCUT2D eigenvalue weighted by molar-refractivity contribution is 6.10. The second-order valence-corrected chi connectivity index (χ2v) is 7.82. The van der Waals surface area contributed by atoms with Gasteiger partial charge in [0.15, 0.2) is 12.4 Å². The number of pyridine rings is 1. The molecular weight excluding hydrogens is 425 g/mol. The zero-order valence-corrected chi connectivity index (χ0v) is 17.8. The first kappa shape index (κ1) is 22.0. The van der Waals surface area contributed by atoms with Crippen LogP contribution in [0.2, 0.25) is 0 Å². The SMILES string of the molecule is Cc1ccccc1NC(=O)COc1ccc(F)cc1C(=O)c1cc(C#N)c(=O)n(C2CC2)c1. The number of halogens is 1. The predicted molar refractivity (Wildman–Crippen MR) is 119 cm³/mol. The first-order valence-corrected chi connectivity index (χ1v) is 10.4. The van der Waals surface area contributed by atoms with E-state index >= 15 is 0 Å².